The third-order valence-electron chi connectivity index (χ3n) is 1.65. The Morgan fingerprint density at radius 1 is 1.83 bits per heavy atom. The predicted octanol–water partition coefficient (Wildman–Crippen LogP) is -0.764. The smallest absolute Gasteiger partial charge is 0.335 e. The molecule has 0 aliphatic carbocycles. The van der Waals surface area contributed by atoms with E-state index >= 15 is 0 Å². The summed E-state index contributed by atoms with van der Waals surface area (Å²) < 4.78 is 9.88. The van der Waals surface area contributed by atoms with Gasteiger partial charge in [0.2, 0.25) is 0 Å². The number of rotatable bonds is 5. The molecule has 0 saturated carbocycles. The highest BCUT2D eigenvalue weighted by molar-refractivity contribution is 5.72. The molecule has 0 amide bonds. The van der Waals surface area contributed by atoms with E-state index in [9.17, 15) is 4.79 Å². The van der Waals surface area contributed by atoms with E-state index in [2.05, 4.69) is 0 Å². The number of aliphatic hydroxyl groups is 1. The first-order valence-electron chi connectivity index (χ1n) is 3.75. The average molecular weight is 176 g/mol. The molecule has 3 atom stereocenters. The number of carbonyl (C=O) groups is 1. The molecule has 1 saturated heterocycles. The molecule has 2 N–H and O–H groups in total. The van der Waals surface area contributed by atoms with E-state index in [-0.39, 0.29) is 6.10 Å². The Hall–Kier alpha value is -0.650. The van der Waals surface area contributed by atoms with Crippen LogP contribution in [0, 0.1) is 0 Å². The molecule has 0 aromatic rings. The first kappa shape index (κ1) is 9.44. The lowest BCUT2D eigenvalue weighted by Gasteiger charge is -2.14. The highest BCUT2D eigenvalue weighted by Gasteiger charge is 2.27. The summed E-state index contributed by atoms with van der Waals surface area (Å²) in [5.41, 5.74) is 0. The fourth-order valence-corrected chi connectivity index (χ4v) is 0.715. The molecular formula is C7H12O5. The van der Waals surface area contributed by atoms with Crippen LogP contribution in [0.5, 0.6) is 0 Å². The molecule has 5 heteroatoms. The standard InChI is InChI=1S/C7H12O5/c1-4(6(8)7(9)10)11-2-5-3-12-5/h4-6,8H,2-3H2,1H3,(H,9,10). The molecular weight excluding hydrogens is 164 g/mol. The quantitative estimate of drug-likeness (QED) is 0.538. The van der Waals surface area contributed by atoms with Crippen LogP contribution in [0.4, 0.5) is 0 Å². The van der Waals surface area contributed by atoms with Crippen LogP contribution in [0.25, 0.3) is 0 Å². The van der Waals surface area contributed by atoms with E-state index in [0.29, 0.717) is 13.2 Å². The van der Waals surface area contributed by atoms with E-state index < -0.39 is 18.2 Å². The monoisotopic (exact) mass is 176 g/mol. The van der Waals surface area contributed by atoms with Gasteiger partial charge in [-0.25, -0.2) is 4.79 Å². The van der Waals surface area contributed by atoms with Crippen molar-refractivity contribution in [2.45, 2.75) is 25.2 Å². The number of epoxide rings is 1. The number of carboxylic acid groups (broad SMARTS) is 1. The molecule has 0 aromatic heterocycles. The van der Waals surface area contributed by atoms with Gasteiger partial charge in [0.1, 0.15) is 6.10 Å². The van der Waals surface area contributed by atoms with Crippen LogP contribution in [0.15, 0.2) is 0 Å². The molecule has 70 valence electrons. The van der Waals surface area contributed by atoms with E-state index in [0.717, 1.165) is 0 Å². The number of aliphatic hydroxyl groups excluding tert-OH is 1. The molecule has 1 rings (SSSR count). The molecule has 5 nitrogen and oxygen atoms in total. The topological polar surface area (TPSA) is 79.3 Å². The third-order valence-corrected chi connectivity index (χ3v) is 1.65. The van der Waals surface area contributed by atoms with Crippen molar-refractivity contribution >= 4 is 5.97 Å². The normalized spacial score (nSPS) is 26.3. The highest BCUT2D eigenvalue weighted by Crippen LogP contribution is 2.10. The molecule has 0 spiro atoms. The van der Waals surface area contributed by atoms with Crippen LogP contribution in [-0.2, 0) is 14.3 Å². The fraction of sp³-hybridized carbons (Fsp3) is 0.857. The van der Waals surface area contributed by atoms with E-state index in [1.807, 2.05) is 0 Å². The van der Waals surface area contributed by atoms with Crippen molar-refractivity contribution in [1.82, 2.24) is 0 Å². The maximum Gasteiger partial charge on any atom is 0.335 e. The van der Waals surface area contributed by atoms with Gasteiger partial charge in [0.15, 0.2) is 6.10 Å². The number of carboxylic acids is 1. The van der Waals surface area contributed by atoms with Crippen molar-refractivity contribution in [3.05, 3.63) is 0 Å². The average Bonchev–Trinajstić information content (AvgIpc) is 2.81. The summed E-state index contributed by atoms with van der Waals surface area (Å²) in [7, 11) is 0. The zero-order valence-electron chi connectivity index (χ0n) is 6.77. The Labute approximate surface area is 69.9 Å². The van der Waals surface area contributed by atoms with Crippen LogP contribution in [0.3, 0.4) is 0 Å². The lowest BCUT2D eigenvalue weighted by Crippen LogP contribution is -2.34. The summed E-state index contributed by atoms with van der Waals surface area (Å²) in [6.07, 6.45) is -2.05. The minimum absolute atomic E-state index is 0.0912. The number of hydrogen-bond acceptors (Lipinski definition) is 4. The first-order chi connectivity index (χ1) is 5.61. The molecule has 0 radical (unpaired) electrons. The Morgan fingerprint density at radius 3 is 2.83 bits per heavy atom. The van der Waals surface area contributed by atoms with Gasteiger partial charge in [0.05, 0.1) is 19.3 Å². The molecule has 1 fully saturated rings. The molecule has 1 aliphatic rings. The van der Waals surface area contributed by atoms with Crippen LogP contribution < -0.4 is 0 Å². The molecule has 12 heavy (non-hydrogen) atoms. The van der Waals surface area contributed by atoms with Crippen molar-refractivity contribution < 1.29 is 24.5 Å². The molecule has 0 aromatic carbocycles. The third kappa shape index (κ3) is 2.77. The van der Waals surface area contributed by atoms with Crippen molar-refractivity contribution in [2.75, 3.05) is 13.2 Å². The number of aliphatic carboxylic acids is 1. The second kappa shape index (κ2) is 3.84. The van der Waals surface area contributed by atoms with Gasteiger partial charge >= 0.3 is 5.97 Å². The van der Waals surface area contributed by atoms with E-state index in [1.165, 1.54) is 6.92 Å². The Balaban J connectivity index is 2.16. The second-order valence-electron chi connectivity index (χ2n) is 2.78. The SMILES string of the molecule is CC(OCC1CO1)C(O)C(=O)O. The highest BCUT2D eigenvalue weighted by atomic mass is 16.6. The van der Waals surface area contributed by atoms with Gasteiger partial charge in [-0.3, -0.25) is 0 Å². The number of hydrogen-bond donors (Lipinski definition) is 2. The van der Waals surface area contributed by atoms with Gasteiger partial charge in [-0.1, -0.05) is 0 Å². The van der Waals surface area contributed by atoms with E-state index in [1.54, 1.807) is 0 Å². The zero-order chi connectivity index (χ0) is 9.14. The van der Waals surface area contributed by atoms with Crippen LogP contribution >= 0.6 is 0 Å². The summed E-state index contributed by atoms with van der Waals surface area (Å²) in [6.45, 7) is 2.53. The maximum absolute atomic E-state index is 10.2. The fourth-order valence-electron chi connectivity index (χ4n) is 0.715. The molecule has 3 unspecified atom stereocenters. The molecule has 0 bridgehead atoms. The minimum atomic E-state index is -1.45. The summed E-state index contributed by atoms with van der Waals surface area (Å²) in [4.78, 5) is 10.2. The summed E-state index contributed by atoms with van der Waals surface area (Å²) in [5, 5.41) is 17.3. The largest absolute Gasteiger partial charge is 0.479 e. The summed E-state index contributed by atoms with van der Waals surface area (Å²) in [6, 6.07) is 0. The van der Waals surface area contributed by atoms with Crippen LogP contribution in [0.2, 0.25) is 0 Å². The second-order valence-corrected chi connectivity index (χ2v) is 2.78. The predicted molar refractivity (Wildman–Crippen MR) is 38.8 cm³/mol. The molecule has 1 aliphatic heterocycles. The Bertz CT molecular complexity index is 165. The minimum Gasteiger partial charge on any atom is -0.479 e. The van der Waals surface area contributed by atoms with Crippen molar-refractivity contribution in [2.24, 2.45) is 0 Å². The summed E-state index contributed by atoms with van der Waals surface area (Å²) >= 11 is 0. The summed E-state index contributed by atoms with van der Waals surface area (Å²) in [5.74, 6) is -1.26. The maximum atomic E-state index is 10.2. The van der Waals surface area contributed by atoms with Gasteiger partial charge in [-0.2, -0.15) is 0 Å². The van der Waals surface area contributed by atoms with Crippen molar-refractivity contribution in [3.63, 3.8) is 0 Å². The van der Waals surface area contributed by atoms with Crippen LogP contribution in [-0.4, -0.2) is 47.7 Å². The van der Waals surface area contributed by atoms with Crippen molar-refractivity contribution in [3.8, 4) is 0 Å². The lowest BCUT2D eigenvalue weighted by molar-refractivity contribution is -0.154. The van der Waals surface area contributed by atoms with Crippen LogP contribution in [0.1, 0.15) is 6.92 Å². The lowest BCUT2D eigenvalue weighted by atomic mass is 10.2. The molecule has 1 heterocycles. The van der Waals surface area contributed by atoms with Gasteiger partial charge in [0, 0.05) is 0 Å². The zero-order valence-corrected chi connectivity index (χ0v) is 6.77. The van der Waals surface area contributed by atoms with Gasteiger partial charge in [0.25, 0.3) is 0 Å². The first-order valence-corrected chi connectivity index (χ1v) is 3.75. The van der Waals surface area contributed by atoms with Gasteiger partial charge < -0.3 is 19.7 Å². The number of ether oxygens (including phenoxy) is 2. The Kier molecular flexibility index (Phi) is 3.02. The Morgan fingerprint density at radius 2 is 2.42 bits per heavy atom. The van der Waals surface area contributed by atoms with Gasteiger partial charge in [-0.05, 0) is 6.92 Å². The van der Waals surface area contributed by atoms with E-state index in [4.69, 9.17) is 19.7 Å². The van der Waals surface area contributed by atoms with Crippen molar-refractivity contribution in [1.29, 1.82) is 0 Å². The van der Waals surface area contributed by atoms with Gasteiger partial charge in [-0.15, -0.1) is 0 Å².